The third-order valence-corrected chi connectivity index (χ3v) is 6.18. The molecule has 0 saturated heterocycles. The smallest absolute Gasteiger partial charge is 0.265 e. The molecule has 0 aliphatic carbocycles. The molecule has 8 heteroatoms. The molecule has 0 fully saturated rings. The van der Waals surface area contributed by atoms with Crippen LogP contribution in [0.3, 0.4) is 0 Å². The largest absolute Gasteiger partial charge is 0.381 e. The molecule has 0 aliphatic rings. The zero-order valence-corrected chi connectivity index (χ0v) is 16.9. The van der Waals surface area contributed by atoms with Crippen molar-refractivity contribution in [2.45, 2.75) is 25.2 Å². The number of benzene rings is 2. The van der Waals surface area contributed by atoms with Crippen LogP contribution in [0.15, 0.2) is 53.4 Å². The molecule has 0 saturated carbocycles. The predicted octanol–water partition coefficient (Wildman–Crippen LogP) is 3.92. The molecule has 0 atom stereocenters. The van der Waals surface area contributed by atoms with Crippen LogP contribution < -0.4 is 9.62 Å². The van der Waals surface area contributed by atoms with E-state index in [2.05, 4.69) is 5.32 Å². The number of nitrogens with zero attached hydrogens (tertiary/aromatic N) is 1. The maximum Gasteiger partial charge on any atom is 0.265 e. The Bertz CT molecular complexity index is 873. The molecule has 0 aromatic heterocycles. The molecule has 2 aromatic rings. The zero-order valence-electron chi connectivity index (χ0n) is 15.3. The van der Waals surface area contributed by atoms with Crippen LogP contribution in [0.25, 0.3) is 0 Å². The molecule has 0 unspecified atom stereocenters. The van der Waals surface area contributed by atoms with Crippen molar-refractivity contribution in [1.82, 2.24) is 0 Å². The number of anilines is 2. The summed E-state index contributed by atoms with van der Waals surface area (Å²) in [6, 6.07) is 13.2. The molecule has 2 aromatic carbocycles. The van der Waals surface area contributed by atoms with Crippen molar-refractivity contribution in [2.75, 3.05) is 29.4 Å². The van der Waals surface area contributed by atoms with E-state index in [9.17, 15) is 13.2 Å². The highest BCUT2D eigenvalue weighted by Crippen LogP contribution is 2.30. The predicted molar refractivity (Wildman–Crippen MR) is 108 cm³/mol. The number of ether oxygens (including phenoxy) is 1. The molecule has 2 rings (SSSR count). The lowest BCUT2D eigenvalue weighted by Crippen LogP contribution is -2.31. The van der Waals surface area contributed by atoms with Gasteiger partial charge in [-0.1, -0.05) is 29.8 Å². The van der Waals surface area contributed by atoms with Gasteiger partial charge in [0, 0.05) is 18.8 Å². The van der Waals surface area contributed by atoms with Crippen molar-refractivity contribution in [2.24, 2.45) is 0 Å². The molecule has 0 aliphatic heterocycles. The maximum absolute atomic E-state index is 13.1. The first kappa shape index (κ1) is 21.2. The van der Waals surface area contributed by atoms with Crippen LogP contribution >= 0.6 is 11.6 Å². The Morgan fingerprint density at radius 1 is 1.15 bits per heavy atom. The van der Waals surface area contributed by atoms with Gasteiger partial charge in [-0.15, -0.1) is 0 Å². The number of halogens is 1. The number of carbonyl (C=O) groups is 1. The van der Waals surface area contributed by atoms with Gasteiger partial charge < -0.3 is 10.1 Å². The molecule has 0 heterocycles. The minimum Gasteiger partial charge on any atom is -0.381 e. The summed E-state index contributed by atoms with van der Waals surface area (Å²) in [6.45, 7) is 4.67. The lowest BCUT2D eigenvalue weighted by molar-refractivity contribution is -0.117. The van der Waals surface area contributed by atoms with E-state index in [0.717, 1.165) is 0 Å². The summed E-state index contributed by atoms with van der Waals surface area (Å²) >= 11 is 6.17. The Kier molecular flexibility index (Phi) is 7.65. The summed E-state index contributed by atoms with van der Waals surface area (Å²) in [5.41, 5.74) is 0.908. The summed E-state index contributed by atoms with van der Waals surface area (Å²) in [7, 11) is -3.89. The lowest BCUT2D eigenvalue weighted by atomic mass is 10.3. The third kappa shape index (κ3) is 5.45. The summed E-state index contributed by atoms with van der Waals surface area (Å²) < 4.78 is 32.7. The molecule has 1 N–H and O–H groups in total. The van der Waals surface area contributed by atoms with E-state index in [1.165, 1.54) is 16.4 Å². The highest BCUT2D eigenvalue weighted by molar-refractivity contribution is 7.93. The van der Waals surface area contributed by atoms with E-state index in [1.807, 2.05) is 13.0 Å². The quantitative estimate of drug-likeness (QED) is 0.635. The maximum atomic E-state index is 13.1. The molecule has 0 spiro atoms. The van der Waals surface area contributed by atoms with Crippen molar-refractivity contribution in [3.8, 4) is 0 Å². The number of nitrogens with one attached hydrogen (secondary N) is 1. The number of para-hydroxylation sites is 1. The molecule has 0 bridgehead atoms. The van der Waals surface area contributed by atoms with Crippen LogP contribution in [0, 0.1) is 0 Å². The fourth-order valence-electron chi connectivity index (χ4n) is 2.52. The second kappa shape index (κ2) is 9.73. The van der Waals surface area contributed by atoms with Crippen molar-refractivity contribution >= 4 is 38.9 Å². The van der Waals surface area contributed by atoms with E-state index in [1.54, 1.807) is 37.3 Å². The van der Waals surface area contributed by atoms with E-state index in [-0.39, 0.29) is 28.8 Å². The molecule has 27 heavy (non-hydrogen) atoms. The van der Waals surface area contributed by atoms with E-state index >= 15 is 0 Å². The Balaban J connectivity index is 2.29. The molecule has 0 radical (unpaired) electrons. The highest BCUT2D eigenvalue weighted by Gasteiger charge is 2.26. The number of hydrogen-bond acceptors (Lipinski definition) is 4. The van der Waals surface area contributed by atoms with Crippen LogP contribution in [-0.2, 0) is 19.6 Å². The third-order valence-electron chi connectivity index (χ3n) is 3.79. The monoisotopic (exact) mass is 410 g/mol. The normalized spacial score (nSPS) is 11.2. The Morgan fingerprint density at radius 3 is 2.48 bits per heavy atom. The number of sulfonamides is 1. The first-order valence-electron chi connectivity index (χ1n) is 8.65. The summed E-state index contributed by atoms with van der Waals surface area (Å²) in [6.07, 6.45) is 0.184. The number of rotatable bonds is 9. The van der Waals surface area contributed by atoms with Crippen LogP contribution in [0.5, 0.6) is 0 Å². The molecular formula is C19H23ClN2O4S. The average Bonchev–Trinajstić information content (AvgIpc) is 2.64. The Labute approximate surface area is 165 Å². The van der Waals surface area contributed by atoms with E-state index in [0.29, 0.717) is 24.6 Å². The van der Waals surface area contributed by atoms with Gasteiger partial charge in [0.1, 0.15) is 4.90 Å². The average molecular weight is 411 g/mol. The summed E-state index contributed by atoms with van der Waals surface area (Å²) in [5, 5.41) is 2.77. The fraction of sp³-hybridized carbons (Fsp3) is 0.316. The van der Waals surface area contributed by atoms with E-state index in [4.69, 9.17) is 16.3 Å². The van der Waals surface area contributed by atoms with E-state index < -0.39 is 10.0 Å². The van der Waals surface area contributed by atoms with Crippen molar-refractivity contribution < 1.29 is 17.9 Å². The van der Waals surface area contributed by atoms with Crippen LogP contribution in [0.2, 0.25) is 5.02 Å². The second-order valence-corrected chi connectivity index (χ2v) is 7.88. The first-order chi connectivity index (χ1) is 12.9. The fourth-order valence-corrected chi connectivity index (χ4v) is 4.49. The van der Waals surface area contributed by atoms with Gasteiger partial charge in [-0.05, 0) is 44.2 Å². The Hall–Kier alpha value is -2.09. The molecule has 6 nitrogen and oxygen atoms in total. The highest BCUT2D eigenvalue weighted by atomic mass is 35.5. The van der Waals surface area contributed by atoms with Crippen molar-refractivity contribution in [1.29, 1.82) is 0 Å². The van der Waals surface area contributed by atoms with Crippen molar-refractivity contribution in [3.05, 3.63) is 53.6 Å². The number of hydrogen-bond donors (Lipinski definition) is 1. The van der Waals surface area contributed by atoms with Crippen LogP contribution in [0.1, 0.15) is 20.3 Å². The van der Waals surface area contributed by atoms with Gasteiger partial charge >= 0.3 is 0 Å². The van der Waals surface area contributed by atoms with Gasteiger partial charge in [0.15, 0.2) is 0 Å². The zero-order chi connectivity index (χ0) is 19.9. The Morgan fingerprint density at radius 2 is 1.85 bits per heavy atom. The number of carbonyl (C=O) groups excluding carboxylic acids is 1. The molecule has 1 amide bonds. The van der Waals surface area contributed by atoms with Gasteiger partial charge in [-0.2, -0.15) is 0 Å². The molecule has 146 valence electrons. The van der Waals surface area contributed by atoms with Crippen molar-refractivity contribution in [3.63, 3.8) is 0 Å². The van der Waals surface area contributed by atoms with Crippen LogP contribution in [-0.4, -0.2) is 34.1 Å². The second-order valence-electron chi connectivity index (χ2n) is 5.65. The number of amides is 1. The minimum absolute atomic E-state index is 0.0579. The van der Waals surface area contributed by atoms with Gasteiger partial charge in [-0.25, -0.2) is 8.42 Å². The van der Waals surface area contributed by atoms with Gasteiger partial charge in [0.05, 0.1) is 23.7 Å². The summed E-state index contributed by atoms with van der Waals surface area (Å²) in [5.74, 6) is -0.260. The van der Waals surface area contributed by atoms with Gasteiger partial charge in [-0.3, -0.25) is 9.10 Å². The lowest BCUT2D eigenvalue weighted by Gasteiger charge is -2.23. The summed E-state index contributed by atoms with van der Waals surface area (Å²) in [4.78, 5) is 11.9. The van der Waals surface area contributed by atoms with Gasteiger partial charge in [0.2, 0.25) is 5.91 Å². The first-order valence-corrected chi connectivity index (χ1v) is 10.5. The SMILES string of the molecule is CCOCCC(=O)Nc1ccc(Cl)c(S(=O)(=O)N(CC)c2ccccc2)c1. The van der Waals surface area contributed by atoms with Gasteiger partial charge in [0.25, 0.3) is 10.0 Å². The topological polar surface area (TPSA) is 75.7 Å². The molecular weight excluding hydrogens is 388 g/mol. The minimum atomic E-state index is -3.89. The van der Waals surface area contributed by atoms with Crippen LogP contribution in [0.4, 0.5) is 11.4 Å². The standard InChI is InChI=1S/C19H23ClN2O4S/c1-3-22(16-8-6-5-7-9-16)27(24,25)18-14-15(10-11-17(18)20)21-19(23)12-13-26-4-2/h5-11,14H,3-4,12-13H2,1-2H3,(H,21,23).